The van der Waals surface area contributed by atoms with Gasteiger partial charge in [-0.05, 0) is 45.6 Å². The van der Waals surface area contributed by atoms with Gasteiger partial charge in [0.2, 0.25) is 5.91 Å². The number of alkyl carbamates (subject to hydrolysis) is 2. The second kappa shape index (κ2) is 20.2. The number of rotatable bonds is 19. The molecule has 8 nitrogen and oxygen atoms in total. The molecule has 0 fully saturated rings. The van der Waals surface area contributed by atoms with Gasteiger partial charge in [0.05, 0.1) is 0 Å². The van der Waals surface area contributed by atoms with Crippen LogP contribution in [0, 0.1) is 0 Å². The molecule has 1 rings (SSSR count). The SMILES string of the molecule is CCCCCCCCCCCCNC(=O)[C@H](CCCNC(=O)OCc1ccccc1)NC(=O)OC(C)(C)C. The first-order valence-electron chi connectivity index (χ1n) is 14.4. The van der Waals surface area contributed by atoms with Gasteiger partial charge in [0.25, 0.3) is 0 Å². The fraction of sp³-hybridized carbons (Fsp3) is 0.700. The summed E-state index contributed by atoms with van der Waals surface area (Å²) in [6.07, 6.45) is 12.0. The lowest BCUT2D eigenvalue weighted by molar-refractivity contribution is -0.123. The van der Waals surface area contributed by atoms with E-state index in [1.54, 1.807) is 20.8 Å². The summed E-state index contributed by atoms with van der Waals surface area (Å²) in [6, 6.07) is 8.70. The van der Waals surface area contributed by atoms with Crippen LogP contribution in [0.25, 0.3) is 0 Å². The summed E-state index contributed by atoms with van der Waals surface area (Å²) in [4.78, 5) is 37.0. The maximum absolute atomic E-state index is 12.8. The molecule has 3 N–H and O–H groups in total. The maximum atomic E-state index is 12.8. The lowest BCUT2D eigenvalue weighted by Crippen LogP contribution is -2.48. The molecular formula is C30H51N3O5. The highest BCUT2D eigenvalue weighted by molar-refractivity contribution is 5.85. The Hall–Kier alpha value is -2.77. The molecule has 216 valence electrons. The predicted octanol–water partition coefficient (Wildman–Crippen LogP) is 6.62. The van der Waals surface area contributed by atoms with Crippen molar-refractivity contribution < 1.29 is 23.9 Å². The van der Waals surface area contributed by atoms with Crippen LogP contribution in [-0.4, -0.2) is 42.8 Å². The molecule has 38 heavy (non-hydrogen) atoms. The number of ether oxygens (including phenoxy) is 2. The smallest absolute Gasteiger partial charge is 0.408 e. The molecule has 0 aliphatic rings. The third kappa shape index (κ3) is 18.5. The van der Waals surface area contributed by atoms with Crippen molar-refractivity contribution in [2.45, 2.75) is 123 Å². The Morgan fingerprint density at radius 1 is 0.763 bits per heavy atom. The monoisotopic (exact) mass is 533 g/mol. The zero-order valence-corrected chi connectivity index (χ0v) is 24.1. The Bertz CT molecular complexity index is 780. The molecule has 0 unspecified atom stereocenters. The first kappa shape index (κ1) is 33.3. The molecule has 1 aromatic rings. The van der Waals surface area contributed by atoms with Crippen molar-refractivity contribution in [3.63, 3.8) is 0 Å². The predicted molar refractivity (Wildman–Crippen MR) is 152 cm³/mol. The van der Waals surface area contributed by atoms with Crippen LogP contribution < -0.4 is 16.0 Å². The van der Waals surface area contributed by atoms with E-state index in [-0.39, 0.29) is 12.5 Å². The Kier molecular flexibility index (Phi) is 17.7. The van der Waals surface area contributed by atoms with Gasteiger partial charge in [0.15, 0.2) is 0 Å². The standard InChI is InChI=1S/C30H51N3O5/c1-5-6-7-8-9-10-11-12-13-17-22-31-27(34)26(33-29(36)38-30(2,3)4)21-18-23-32-28(35)37-24-25-19-15-14-16-20-25/h14-16,19-20,26H,5-13,17-18,21-24H2,1-4H3,(H,31,34)(H,32,35)(H,33,36)/t26-/m0/s1. The van der Waals surface area contributed by atoms with Crippen LogP contribution >= 0.6 is 0 Å². The van der Waals surface area contributed by atoms with E-state index in [4.69, 9.17) is 9.47 Å². The van der Waals surface area contributed by atoms with Crippen LogP contribution in [0.5, 0.6) is 0 Å². The summed E-state index contributed by atoms with van der Waals surface area (Å²) in [7, 11) is 0. The van der Waals surface area contributed by atoms with Gasteiger partial charge in [-0.25, -0.2) is 9.59 Å². The number of hydrogen-bond donors (Lipinski definition) is 3. The zero-order chi connectivity index (χ0) is 28.1. The summed E-state index contributed by atoms with van der Waals surface area (Å²) in [5, 5.41) is 8.32. The molecule has 0 aliphatic heterocycles. The molecule has 0 aromatic heterocycles. The highest BCUT2D eigenvalue weighted by atomic mass is 16.6. The number of nitrogens with one attached hydrogen (secondary N) is 3. The van der Waals surface area contributed by atoms with Gasteiger partial charge < -0.3 is 25.4 Å². The van der Waals surface area contributed by atoms with E-state index in [2.05, 4.69) is 22.9 Å². The Labute approximate surface area is 230 Å². The molecule has 0 spiro atoms. The van der Waals surface area contributed by atoms with Crippen LogP contribution in [-0.2, 0) is 20.9 Å². The summed E-state index contributed by atoms with van der Waals surface area (Å²) in [5.74, 6) is -0.238. The zero-order valence-electron chi connectivity index (χ0n) is 24.1. The van der Waals surface area contributed by atoms with E-state index >= 15 is 0 Å². The van der Waals surface area contributed by atoms with Crippen molar-refractivity contribution in [2.24, 2.45) is 0 Å². The summed E-state index contributed by atoms with van der Waals surface area (Å²) >= 11 is 0. The molecule has 0 saturated carbocycles. The van der Waals surface area contributed by atoms with Gasteiger partial charge in [-0.3, -0.25) is 4.79 Å². The van der Waals surface area contributed by atoms with Crippen molar-refractivity contribution >= 4 is 18.1 Å². The van der Waals surface area contributed by atoms with Gasteiger partial charge in [-0.1, -0.05) is 95.0 Å². The minimum atomic E-state index is -0.741. The minimum Gasteiger partial charge on any atom is -0.445 e. The minimum absolute atomic E-state index is 0.191. The third-order valence-corrected chi connectivity index (χ3v) is 5.99. The first-order valence-corrected chi connectivity index (χ1v) is 14.4. The number of unbranched alkanes of at least 4 members (excludes halogenated alkanes) is 9. The number of benzene rings is 1. The number of carbonyl (C=O) groups excluding carboxylic acids is 3. The van der Waals surface area contributed by atoms with Gasteiger partial charge in [0, 0.05) is 13.1 Å². The first-order chi connectivity index (χ1) is 18.2. The van der Waals surface area contributed by atoms with E-state index in [0.717, 1.165) is 18.4 Å². The summed E-state index contributed by atoms with van der Waals surface area (Å²) in [5.41, 5.74) is 0.244. The van der Waals surface area contributed by atoms with Crippen molar-refractivity contribution in [1.29, 1.82) is 0 Å². The van der Waals surface area contributed by atoms with Crippen LogP contribution in [0.2, 0.25) is 0 Å². The molecule has 0 saturated heterocycles. The topological polar surface area (TPSA) is 106 Å². The second-order valence-electron chi connectivity index (χ2n) is 10.8. The lowest BCUT2D eigenvalue weighted by Gasteiger charge is -2.23. The van der Waals surface area contributed by atoms with E-state index in [1.807, 2.05) is 30.3 Å². The summed E-state index contributed by atoms with van der Waals surface area (Å²) < 4.78 is 10.5. The van der Waals surface area contributed by atoms with Crippen LogP contribution in [0.4, 0.5) is 9.59 Å². The fourth-order valence-corrected chi connectivity index (χ4v) is 3.94. The molecule has 1 atom stereocenters. The van der Waals surface area contributed by atoms with Crippen molar-refractivity contribution in [3.05, 3.63) is 35.9 Å². The van der Waals surface area contributed by atoms with Gasteiger partial charge >= 0.3 is 12.2 Å². The van der Waals surface area contributed by atoms with E-state index in [9.17, 15) is 14.4 Å². The van der Waals surface area contributed by atoms with Crippen LogP contribution in [0.15, 0.2) is 30.3 Å². The average molecular weight is 534 g/mol. The molecule has 0 heterocycles. The fourth-order valence-electron chi connectivity index (χ4n) is 3.94. The van der Waals surface area contributed by atoms with Crippen LogP contribution in [0.1, 0.15) is 110 Å². The van der Waals surface area contributed by atoms with E-state index < -0.39 is 23.8 Å². The number of amides is 3. The molecular weight excluding hydrogens is 482 g/mol. The van der Waals surface area contributed by atoms with E-state index in [0.29, 0.717) is 25.9 Å². The van der Waals surface area contributed by atoms with Crippen molar-refractivity contribution in [3.8, 4) is 0 Å². The van der Waals surface area contributed by atoms with Crippen molar-refractivity contribution in [1.82, 2.24) is 16.0 Å². The van der Waals surface area contributed by atoms with Gasteiger partial charge in [-0.2, -0.15) is 0 Å². The molecule has 0 bridgehead atoms. The molecule has 8 heteroatoms. The number of hydrogen-bond acceptors (Lipinski definition) is 5. The van der Waals surface area contributed by atoms with Crippen LogP contribution in [0.3, 0.4) is 0 Å². The molecule has 0 aliphatic carbocycles. The van der Waals surface area contributed by atoms with Gasteiger partial charge in [0.1, 0.15) is 18.2 Å². The Morgan fingerprint density at radius 2 is 1.34 bits per heavy atom. The Morgan fingerprint density at radius 3 is 1.95 bits per heavy atom. The van der Waals surface area contributed by atoms with E-state index in [1.165, 1.54) is 51.4 Å². The Balaban J connectivity index is 2.33. The molecule has 1 aromatic carbocycles. The molecule has 0 radical (unpaired) electrons. The average Bonchev–Trinajstić information content (AvgIpc) is 2.87. The summed E-state index contributed by atoms with van der Waals surface area (Å²) in [6.45, 7) is 8.65. The molecule has 3 amide bonds. The highest BCUT2D eigenvalue weighted by Gasteiger charge is 2.24. The maximum Gasteiger partial charge on any atom is 0.408 e. The third-order valence-electron chi connectivity index (χ3n) is 5.99. The quantitative estimate of drug-likeness (QED) is 0.173. The second-order valence-corrected chi connectivity index (χ2v) is 10.8. The van der Waals surface area contributed by atoms with Crippen molar-refractivity contribution in [2.75, 3.05) is 13.1 Å². The number of carbonyl (C=O) groups is 3. The largest absolute Gasteiger partial charge is 0.445 e. The lowest BCUT2D eigenvalue weighted by atomic mass is 10.1. The van der Waals surface area contributed by atoms with Gasteiger partial charge in [-0.15, -0.1) is 0 Å². The highest BCUT2D eigenvalue weighted by Crippen LogP contribution is 2.11. The normalized spacial score (nSPS) is 11.9.